The van der Waals surface area contributed by atoms with Crippen molar-refractivity contribution in [2.24, 2.45) is 7.05 Å². The van der Waals surface area contributed by atoms with E-state index >= 15 is 0 Å². The second-order valence-electron chi connectivity index (χ2n) is 5.24. The average Bonchev–Trinajstić information content (AvgIpc) is 3.04. The molecule has 0 spiro atoms. The van der Waals surface area contributed by atoms with Crippen molar-refractivity contribution in [2.45, 2.75) is 19.4 Å². The topological polar surface area (TPSA) is 43.0 Å². The number of hydrogen-bond donors (Lipinski definition) is 1. The summed E-state index contributed by atoms with van der Waals surface area (Å²) in [4.78, 5) is 0. The summed E-state index contributed by atoms with van der Waals surface area (Å²) in [6.07, 6.45) is 2.88. The van der Waals surface area contributed by atoms with Crippen LogP contribution in [0.4, 0.5) is 0 Å². The molecule has 1 aromatic carbocycles. The Labute approximate surface area is 132 Å². The van der Waals surface area contributed by atoms with E-state index in [0.29, 0.717) is 0 Å². The number of halogens is 1. The van der Waals surface area contributed by atoms with Gasteiger partial charge in [0.1, 0.15) is 11.3 Å². The largest absolute Gasteiger partial charge is 0.459 e. The van der Waals surface area contributed by atoms with Gasteiger partial charge in [-0.2, -0.15) is 5.10 Å². The van der Waals surface area contributed by atoms with Gasteiger partial charge in [0.25, 0.3) is 0 Å². The lowest BCUT2D eigenvalue weighted by Crippen LogP contribution is -2.21. The number of nitrogens with zero attached hydrogens (tertiary/aromatic N) is 2. The molecule has 0 saturated heterocycles. The third-order valence-corrected chi connectivity index (χ3v) is 4.02. The van der Waals surface area contributed by atoms with Crippen molar-refractivity contribution in [1.29, 1.82) is 0 Å². The van der Waals surface area contributed by atoms with Crippen LogP contribution in [0, 0.1) is 0 Å². The molecule has 4 nitrogen and oxygen atoms in total. The molecule has 1 atom stereocenters. The molecule has 0 radical (unpaired) electrons. The molecule has 5 heteroatoms. The van der Waals surface area contributed by atoms with E-state index in [9.17, 15) is 0 Å². The Balaban J connectivity index is 1.62. The lowest BCUT2D eigenvalue weighted by molar-refractivity contribution is 0.452. The SMILES string of the molecule is CC(NCCc1ccn(C)n1)c1cc2cc(Br)ccc2o1. The van der Waals surface area contributed by atoms with Crippen molar-refractivity contribution >= 4 is 26.9 Å². The Morgan fingerprint density at radius 2 is 2.19 bits per heavy atom. The van der Waals surface area contributed by atoms with Crippen molar-refractivity contribution in [1.82, 2.24) is 15.1 Å². The van der Waals surface area contributed by atoms with Crippen LogP contribution in [-0.2, 0) is 13.5 Å². The Hall–Kier alpha value is -1.59. The summed E-state index contributed by atoms with van der Waals surface area (Å²) in [5, 5.41) is 8.97. The first kappa shape index (κ1) is 14.4. The molecule has 2 heterocycles. The molecule has 3 aromatic rings. The molecule has 1 N–H and O–H groups in total. The first-order valence-corrected chi connectivity index (χ1v) is 7.82. The second kappa shape index (κ2) is 6.03. The Bertz CT molecular complexity index is 747. The standard InChI is InChI=1S/C16H18BrN3O/c1-11(18-7-5-14-6-8-20(2)19-14)16-10-12-9-13(17)3-4-15(12)21-16/h3-4,6,8-11,18H,5,7H2,1-2H3. The normalized spacial score (nSPS) is 12.9. The molecule has 0 fully saturated rings. The summed E-state index contributed by atoms with van der Waals surface area (Å²) in [7, 11) is 1.94. The number of aryl methyl sites for hydroxylation is 1. The summed E-state index contributed by atoms with van der Waals surface area (Å²) < 4.78 is 8.79. The van der Waals surface area contributed by atoms with Crippen LogP contribution in [0.15, 0.2) is 45.4 Å². The third-order valence-electron chi connectivity index (χ3n) is 3.52. The van der Waals surface area contributed by atoms with Gasteiger partial charge in [-0.05, 0) is 37.3 Å². The van der Waals surface area contributed by atoms with Crippen LogP contribution in [0.2, 0.25) is 0 Å². The minimum atomic E-state index is 0.180. The summed E-state index contributed by atoms with van der Waals surface area (Å²) in [6, 6.07) is 10.4. The fourth-order valence-electron chi connectivity index (χ4n) is 2.36. The summed E-state index contributed by atoms with van der Waals surface area (Å²) in [5.41, 5.74) is 2.03. The van der Waals surface area contributed by atoms with Gasteiger partial charge in [0, 0.05) is 36.1 Å². The molecular formula is C16H18BrN3O. The maximum atomic E-state index is 5.89. The van der Waals surface area contributed by atoms with Gasteiger partial charge in [-0.3, -0.25) is 4.68 Å². The molecule has 2 aromatic heterocycles. The summed E-state index contributed by atoms with van der Waals surface area (Å²) in [5.74, 6) is 0.962. The van der Waals surface area contributed by atoms with Gasteiger partial charge in [0.15, 0.2) is 0 Å². The van der Waals surface area contributed by atoms with Crippen LogP contribution in [0.1, 0.15) is 24.4 Å². The molecule has 3 rings (SSSR count). The zero-order valence-electron chi connectivity index (χ0n) is 12.1. The van der Waals surface area contributed by atoms with Crippen LogP contribution in [0.25, 0.3) is 11.0 Å². The molecule has 1 unspecified atom stereocenters. The molecule has 0 amide bonds. The van der Waals surface area contributed by atoms with Crippen molar-refractivity contribution in [3.8, 4) is 0 Å². The predicted octanol–water partition coefficient (Wildman–Crippen LogP) is 3.82. The second-order valence-corrected chi connectivity index (χ2v) is 6.15. The minimum absolute atomic E-state index is 0.180. The lowest BCUT2D eigenvalue weighted by atomic mass is 10.2. The average molecular weight is 348 g/mol. The van der Waals surface area contributed by atoms with E-state index in [4.69, 9.17) is 4.42 Å². The van der Waals surface area contributed by atoms with E-state index in [1.54, 1.807) is 0 Å². The van der Waals surface area contributed by atoms with Crippen LogP contribution in [-0.4, -0.2) is 16.3 Å². The quantitative estimate of drug-likeness (QED) is 0.762. The highest BCUT2D eigenvalue weighted by atomic mass is 79.9. The van der Waals surface area contributed by atoms with E-state index in [2.05, 4.69) is 45.4 Å². The maximum Gasteiger partial charge on any atom is 0.134 e. The minimum Gasteiger partial charge on any atom is -0.459 e. The molecule has 110 valence electrons. The van der Waals surface area contributed by atoms with Gasteiger partial charge in [-0.15, -0.1) is 0 Å². The summed E-state index contributed by atoms with van der Waals surface area (Å²) in [6.45, 7) is 2.99. The number of nitrogens with one attached hydrogen (secondary N) is 1. The molecule has 0 bridgehead atoms. The van der Waals surface area contributed by atoms with Gasteiger partial charge in [0.05, 0.1) is 11.7 Å². The van der Waals surface area contributed by atoms with Gasteiger partial charge >= 0.3 is 0 Å². The lowest BCUT2D eigenvalue weighted by Gasteiger charge is -2.10. The van der Waals surface area contributed by atoms with Crippen molar-refractivity contribution in [3.05, 3.63) is 52.5 Å². The summed E-state index contributed by atoms with van der Waals surface area (Å²) >= 11 is 3.48. The molecule has 21 heavy (non-hydrogen) atoms. The number of furan rings is 1. The molecular weight excluding hydrogens is 330 g/mol. The van der Waals surface area contributed by atoms with E-state index in [1.807, 2.05) is 36.1 Å². The molecule has 0 saturated carbocycles. The molecule has 0 aliphatic heterocycles. The van der Waals surface area contributed by atoms with Gasteiger partial charge < -0.3 is 9.73 Å². The maximum absolute atomic E-state index is 5.89. The fraction of sp³-hybridized carbons (Fsp3) is 0.312. The van der Waals surface area contributed by atoms with Crippen LogP contribution in [0.5, 0.6) is 0 Å². The smallest absolute Gasteiger partial charge is 0.134 e. The molecule has 0 aliphatic carbocycles. The first-order chi connectivity index (χ1) is 10.1. The zero-order chi connectivity index (χ0) is 14.8. The molecule has 0 aliphatic rings. The van der Waals surface area contributed by atoms with E-state index in [1.165, 1.54) is 0 Å². The van der Waals surface area contributed by atoms with E-state index < -0.39 is 0 Å². The zero-order valence-corrected chi connectivity index (χ0v) is 13.7. The monoisotopic (exact) mass is 347 g/mol. The fourth-order valence-corrected chi connectivity index (χ4v) is 2.74. The predicted molar refractivity (Wildman–Crippen MR) is 87.2 cm³/mol. The van der Waals surface area contributed by atoms with Crippen LogP contribution < -0.4 is 5.32 Å². The highest BCUT2D eigenvalue weighted by Gasteiger charge is 2.11. The first-order valence-electron chi connectivity index (χ1n) is 7.03. The Morgan fingerprint density at radius 3 is 2.95 bits per heavy atom. The highest BCUT2D eigenvalue weighted by molar-refractivity contribution is 9.10. The highest BCUT2D eigenvalue weighted by Crippen LogP contribution is 2.26. The van der Waals surface area contributed by atoms with Crippen molar-refractivity contribution in [3.63, 3.8) is 0 Å². The number of aromatic nitrogens is 2. The third kappa shape index (κ3) is 3.36. The van der Waals surface area contributed by atoms with Crippen molar-refractivity contribution < 1.29 is 4.42 Å². The number of fused-ring (bicyclic) bond motifs is 1. The Morgan fingerprint density at radius 1 is 1.33 bits per heavy atom. The van der Waals surface area contributed by atoms with Crippen LogP contribution >= 0.6 is 15.9 Å². The Kier molecular flexibility index (Phi) is 4.12. The van der Waals surface area contributed by atoms with Gasteiger partial charge in [-0.1, -0.05) is 15.9 Å². The van der Waals surface area contributed by atoms with Crippen LogP contribution in [0.3, 0.4) is 0 Å². The number of benzene rings is 1. The van der Waals surface area contributed by atoms with Gasteiger partial charge in [0.2, 0.25) is 0 Å². The van der Waals surface area contributed by atoms with E-state index in [-0.39, 0.29) is 6.04 Å². The van der Waals surface area contributed by atoms with Crippen molar-refractivity contribution in [2.75, 3.05) is 6.54 Å². The van der Waals surface area contributed by atoms with Gasteiger partial charge in [-0.25, -0.2) is 0 Å². The van der Waals surface area contributed by atoms with E-state index in [0.717, 1.165) is 39.9 Å². The number of rotatable bonds is 5. The number of hydrogen-bond acceptors (Lipinski definition) is 3.